The molecule has 0 bridgehead atoms. The zero-order valence-electron chi connectivity index (χ0n) is 8.61. The Balaban J connectivity index is 3.02. The van der Waals surface area contributed by atoms with Crippen molar-refractivity contribution in [3.05, 3.63) is 29.3 Å². The fraction of sp³-hybridized carbons (Fsp3) is 0.300. The number of rotatable bonds is 2. The first kappa shape index (κ1) is 13.4. The van der Waals surface area contributed by atoms with Gasteiger partial charge in [0.05, 0.1) is 5.56 Å². The normalized spacial score (nSPS) is 11.7. The SMILES string of the molecule is Cc1cc(NC(=O)C(F)F)cc(C(F)(F)F)c1. The van der Waals surface area contributed by atoms with E-state index in [4.69, 9.17) is 0 Å². The molecular formula is C10H8F5NO. The number of carbonyl (C=O) groups excluding carboxylic acids is 1. The number of alkyl halides is 5. The van der Waals surface area contributed by atoms with E-state index in [1.807, 2.05) is 0 Å². The van der Waals surface area contributed by atoms with Crippen molar-refractivity contribution in [3.63, 3.8) is 0 Å². The Labute approximate surface area is 93.4 Å². The van der Waals surface area contributed by atoms with Crippen molar-refractivity contribution in [2.75, 3.05) is 5.32 Å². The number of anilines is 1. The van der Waals surface area contributed by atoms with Gasteiger partial charge in [-0.1, -0.05) is 0 Å². The van der Waals surface area contributed by atoms with E-state index in [2.05, 4.69) is 0 Å². The van der Waals surface area contributed by atoms with Gasteiger partial charge in [0, 0.05) is 5.69 Å². The Kier molecular flexibility index (Phi) is 3.69. The van der Waals surface area contributed by atoms with Gasteiger partial charge in [-0.25, -0.2) is 0 Å². The first-order valence-corrected chi connectivity index (χ1v) is 4.48. The first-order chi connectivity index (χ1) is 7.70. The van der Waals surface area contributed by atoms with Gasteiger partial charge in [-0.3, -0.25) is 4.79 Å². The summed E-state index contributed by atoms with van der Waals surface area (Å²) in [5.41, 5.74) is -1.09. The summed E-state index contributed by atoms with van der Waals surface area (Å²) in [6.45, 7) is 1.37. The Hall–Kier alpha value is -1.66. The van der Waals surface area contributed by atoms with Gasteiger partial charge in [0.25, 0.3) is 5.91 Å². The molecule has 0 spiro atoms. The molecule has 0 aliphatic carbocycles. The van der Waals surface area contributed by atoms with Gasteiger partial charge in [0.1, 0.15) is 0 Å². The lowest BCUT2D eigenvalue weighted by atomic mass is 10.1. The molecule has 1 rings (SSSR count). The van der Waals surface area contributed by atoms with Crippen LogP contribution in [0, 0.1) is 6.92 Å². The van der Waals surface area contributed by atoms with Crippen molar-refractivity contribution in [2.24, 2.45) is 0 Å². The van der Waals surface area contributed by atoms with Crippen molar-refractivity contribution in [3.8, 4) is 0 Å². The molecule has 1 aromatic carbocycles. The van der Waals surface area contributed by atoms with Gasteiger partial charge >= 0.3 is 12.6 Å². The maximum absolute atomic E-state index is 12.4. The van der Waals surface area contributed by atoms with Crippen LogP contribution >= 0.6 is 0 Å². The smallest absolute Gasteiger partial charge is 0.321 e. The lowest BCUT2D eigenvalue weighted by Gasteiger charge is -2.11. The first-order valence-electron chi connectivity index (χ1n) is 4.48. The van der Waals surface area contributed by atoms with E-state index >= 15 is 0 Å². The van der Waals surface area contributed by atoms with Crippen LogP contribution in [-0.2, 0) is 11.0 Å². The molecule has 0 aliphatic heterocycles. The van der Waals surface area contributed by atoms with E-state index in [9.17, 15) is 26.7 Å². The lowest BCUT2D eigenvalue weighted by molar-refractivity contribution is -0.137. The molecule has 0 unspecified atom stereocenters. The monoisotopic (exact) mass is 253 g/mol. The predicted octanol–water partition coefficient (Wildman–Crippen LogP) is 3.22. The summed E-state index contributed by atoms with van der Waals surface area (Å²) in [5.74, 6) is -1.64. The van der Waals surface area contributed by atoms with Crippen LogP contribution in [0.25, 0.3) is 0 Å². The van der Waals surface area contributed by atoms with Gasteiger partial charge in [-0.15, -0.1) is 0 Å². The molecule has 1 amide bonds. The van der Waals surface area contributed by atoms with Gasteiger partial charge in [0.15, 0.2) is 0 Å². The molecule has 0 radical (unpaired) electrons. The number of halogens is 5. The zero-order chi connectivity index (χ0) is 13.2. The van der Waals surface area contributed by atoms with Gasteiger partial charge in [-0.05, 0) is 30.7 Å². The number of amides is 1. The standard InChI is InChI=1S/C10H8F5NO/c1-5-2-6(10(13,14)15)4-7(3-5)16-9(17)8(11)12/h2-4,8H,1H3,(H,16,17). The predicted molar refractivity (Wildman–Crippen MR) is 50.8 cm³/mol. The van der Waals surface area contributed by atoms with Crippen LogP contribution in [0.2, 0.25) is 0 Å². The molecule has 1 aromatic rings. The highest BCUT2D eigenvalue weighted by Crippen LogP contribution is 2.31. The molecule has 0 saturated carbocycles. The number of aryl methyl sites for hydroxylation is 1. The number of carbonyl (C=O) groups is 1. The molecule has 7 heteroatoms. The quantitative estimate of drug-likeness (QED) is 0.805. The molecule has 0 heterocycles. The molecule has 0 aliphatic rings. The average Bonchev–Trinajstić information content (AvgIpc) is 2.15. The number of nitrogens with one attached hydrogen (secondary N) is 1. The summed E-state index contributed by atoms with van der Waals surface area (Å²) in [7, 11) is 0. The summed E-state index contributed by atoms with van der Waals surface area (Å²) in [6, 6.07) is 2.64. The van der Waals surface area contributed by atoms with E-state index in [1.165, 1.54) is 13.0 Å². The van der Waals surface area contributed by atoms with Crippen LogP contribution in [0.3, 0.4) is 0 Å². The highest BCUT2D eigenvalue weighted by molar-refractivity contribution is 5.93. The lowest BCUT2D eigenvalue weighted by Crippen LogP contribution is -2.20. The van der Waals surface area contributed by atoms with Crippen LogP contribution in [0.1, 0.15) is 11.1 Å². The third-order valence-corrected chi connectivity index (χ3v) is 1.87. The maximum Gasteiger partial charge on any atom is 0.416 e. The van der Waals surface area contributed by atoms with Gasteiger partial charge < -0.3 is 5.32 Å². The van der Waals surface area contributed by atoms with Crippen LogP contribution in [-0.4, -0.2) is 12.3 Å². The molecular weight excluding hydrogens is 245 g/mol. The van der Waals surface area contributed by atoms with Crippen LogP contribution in [0.4, 0.5) is 27.6 Å². The highest BCUT2D eigenvalue weighted by atomic mass is 19.4. The fourth-order valence-corrected chi connectivity index (χ4v) is 1.22. The van der Waals surface area contributed by atoms with Crippen molar-refractivity contribution in [1.82, 2.24) is 0 Å². The largest absolute Gasteiger partial charge is 0.416 e. The minimum atomic E-state index is -4.59. The highest BCUT2D eigenvalue weighted by Gasteiger charge is 2.31. The summed E-state index contributed by atoms with van der Waals surface area (Å²) in [4.78, 5) is 10.6. The van der Waals surface area contributed by atoms with Gasteiger partial charge in [0.2, 0.25) is 0 Å². The summed E-state index contributed by atoms with van der Waals surface area (Å²) < 4.78 is 61.0. The zero-order valence-corrected chi connectivity index (χ0v) is 8.61. The molecule has 1 N–H and O–H groups in total. The number of benzene rings is 1. The van der Waals surface area contributed by atoms with Crippen molar-refractivity contribution < 1.29 is 26.7 Å². The molecule has 94 valence electrons. The Bertz CT molecular complexity index is 427. The molecule has 0 atom stereocenters. The Morgan fingerprint density at radius 1 is 1.24 bits per heavy atom. The Morgan fingerprint density at radius 2 is 1.82 bits per heavy atom. The number of hydrogen-bond donors (Lipinski definition) is 1. The molecule has 2 nitrogen and oxygen atoms in total. The molecule has 0 saturated heterocycles. The Morgan fingerprint density at radius 3 is 2.29 bits per heavy atom. The average molecular weight is 253 g/mol. The van der Waals surface area contributed by atoms with Crippen molar-refractivity contribution >= 4 is 11.6 Å². The minimum Gasteiger partial charge on any atom is -0.321 e. The summed E-state index contributed by atoms with van der Waals surface area (Å²) in [6.07, 6.45) is -7.86. The second kappa shape index (κ2) is 4.68. The summed E-state index contributed by atoms with van der Waals surface area (Å²) >= 11 is 0. The van der Waals surface area contributed by atoms with Gasteiger partial charge in [-0.2, -0.15) is 22.0 Å². The minimum absolute atomic E-state index is 0.212. The summed E-state index contributed by atoms with van der Waals surface area (Å²) in [5, 5.41) is 1.71. The van der Waals surface area contributed by atoms with E-state index in [-0.39, 0.29) is 11.3 Å². The third kappa shape index (κ3) is 3.69. The molecule has 17 heavy (non-hydrogen) atoms. The van der Waals surface area contributed by atoms with Crippen LogP contribution in [0.5, 0.6) is 0 Å². The van der Waals surface area contributed by atoms with Crippen molar-refractivity contribution in [1.29, 1.82) is 0 Å². The van der Waals surface area contributed by atoms with E-state index < -0.39 is 24.1 Å². The van der Waals surface area contributed by atoms with E-state index in [0.29, 0.717) is 6.07 Å². The molecule has 0 fully saturated rings. The van der Waals surface area contributed by atoms with Crippen molar-refractivity contribution in [2.45, 2.75) is 19.5 Å². The molecule has 0 aromatic heterocycles. The number of hydrogen-bond acceptors (Lipinski definition) is 1. The second-order valence-corrected chi connectivity index (χ2v) is 3.38. The van der Waals surface area contributed by atoms with Crippen LogP contribution < -0.4 is 5.32 Å². The second-order valence-electron chi connectivity index (χ2n) is 3.38. The van der Waals surface area contributed by atoms with E-state index in [1.54, 1.807) is 5.32 Å². The van der Waals surface area contributed by atoms with Crippen LogP contribution in [0.15, 0.2) is 18.2 Å². The van der Waals surface area contributed by atoms with E-state index in [0.717, 1.165) is 6.07 Å². The topological polar surface area (TPSA) is 29.1 Å². The third-order valence-electron chi connectivity index (χ3n) is 1.87. The fourth-order valence-electron chi connectivity index (χ4n) is 1.22. The maximum atomic E-state index is 12.4.